The molecule has 0 aliphatic rings. The highest BCUT2D eigenvalue weighted by atomic mass is 32.2. The molecule has 7 heteroatoms. The van der Waals surface area contributed by atoms with E-state index in [0.717, 1.165) is 12.7 Å². The van der Waals surface area contributed by atoms with Crippen molar-refractivity contribution >= 4 is 15.8 Å². The molecule has 1 atom stereocenters. The summed E-state index contributed by atoms with van der Waals surface area (Å²) in [6.07, 6.45) is 2.40. The Kier molecular flexibility index (Phi) is 4.50. The Balaban J connectivity index is 3.21. The van der Waals surface area contributed by atoms with Crippen molar-refractivity contribution in [3.8, 4) is 0 Å². The Morgan fingerprint density at radius 3 is 2.56 bits per heavy atom. The van der Waals surface area contributed by atoms with Gasteiger partial charge in [0.2, 0.25) is 11.7 Å². The number of esters is 1. The van der Waals surface area contributed by atoms with Crippen molar-refractivity contribution in [2.24, 2.45) is 0 Å². The van der Waals surface area contributed by atoms with E-state index in [2.05, 4.69) is 9.72 Å². The lowest BCUT2D eigenvalue weighted by Crippen LogP contribution is -2.08. The summed E-state index contributed by atoms with van der Waals surface area (Å²) in [6, 6.07) is 0. The third kappa shape index (κ3) is 3.10. The fourth-order valence-electron chi connectivity index (χ4n) is 1.39. The van der Waals surface area contributed by atoms with Crippen LogP contribution in [0.1, 0.15) is 47.7 Å². The van der Waals surface area contributed by atoms with Gasteiger partial charge in [-0.1, -0.05) is 13.3 Å². The largest absolute Gasteiger partial charge is 0.463 e. The molecule has 1 aromatic heterocycles. The molecule has 0 amide bonds. The van der Waals surface area contributed by atoms with Crippen LogP contribution in [0, 0.1) is 0 Å². The van der Waals surface area contributed by atoms with E-state index in [-0.39, 0.29) is 11.7 Å². The maximum Gasteiger partial charge on any atom is 0.375 e. The van der Waals surface area contributed by atoms with E-state index < -0.39 is 21.1 Å². The number of methoxy groups -OCH3 is 1. The summed E-state index contributed by atoms with van der Waals surface area (Å²) in [5.74, 6) is -0.621. The summed E-state index contributed by atoms with van der Waals surface area (Å²) in [7, 11) is -2.08. The maximum absolute atomic E-state index is 11.5. The highest BCUT2D eigenvalue weighted by Crippen LogP contribution is 2.24. The van der Waals surface area contributed by atoms with E-state index in [4.69, 9.17) is 4.42 Å². The average Bonchev–Trinajstić information content (AvgIpc) is 2.70. The summed E-state index contributed by atoms with van der Waals surface area (Å²) in [6.45, 7) is 3.40. The number of ether oxygens (including phenoxy) is 1. The third-order valence-corrected chi connectivity index (χ3v) is 4.05. The van der Waals surface area contributed by atoms with Crippen LogP contribution in [0.15, 0.2) is 4.42 Å². The molecular formula is C11H17NO5S. The minimum Gasteiger partial charge on any atom is -0.463 e. The van der Waals surface area contributed by atoms with Crippen LogP contribution in [0.3, 0.4) is 0 Å². The molecule has 0 aromatic carbocycles. The molecule has 18 heavy (non-hydrogen) atoms. The van der Waals surface area contributed by atoms with Crippen LogP contribution >= 0.6 is 0 Å². The molecule has 0 bridgehead atoms. The fraction of sp³-hybridized carbons (Fsp3) is 0.636. The van der Waals surface area contributed by atoms with Gasteiger partial charge >= 0.3 is 5.97 Å². The topological polar surface area (TPSA) is 86.5 Å². The quantitative estimate of drug-likeness (QED) is 0.757. The Morgan fingerprint density at radius 1 is 1.50 bits per heavy atom. The molecule has 0 saturated carbocycles. The molecule has 0 aliphatic carbocycles. The Hall–Kier alpha value is -1.37. The normalized spacial score (nSPS) is 13.3. The Bertz CT molecular complexity index is 532. The number of carbonyl (C=O) groups excluding carboxylic acids is 1. The highest BCUT2D eigenvalue weighted by Gasteiger charge is 2.27. The van der Waals surface area contributed by atoms with E-state index >= 15 is 0 Å². The van der Waals surface area contributed by atoms with Crippen LogP contribution in [0.2, 0.25) is 0 Å². The van der Waals surface area contributed by atoms with Crippen molar-refractivity contribution in [2.75, 3.05) is 13.4 Å². The monoisotopic (exact) mass is 275 g/mol. The number of oxazole rings is 1. The number of nitrogens with zero attached hydrogens (tertiary/aromatic N) is 1. The highest BCUT2D eigenvalue weighted by molar-refractivity contribution is 7.90. The van der Waals surface area contributed by atoms with Crippen LogP contribution in [0.25, 0.3) is 0 Å². The predicted octanol–water partition coefficient (Wildman–Crippen LogP) is 1.52. The zero-order valence-corrected chi connectivity index (χ0v) is 11.7. The summed E-state index contributed by atoms with van der Waals surface area (Å²) < 4.78 is 32.7. The van der Waals surface area contributed by atoms with E-state index in [1.807, 2.05) is 6.92 Å². The van der Waals surface area contributed by atoms with Crippen LogP contribution in [-0.2, 0) is 21.0 Å². The molecule has 1 rings (SSSR count). The Labute approximate surface area is 106 Å². The van der Waals surface area contributed by atoms with Gasteiger partial charge in [-0.05, 0) is 13.3 Å². The van der Waals surface area contributed by atoms with Gasteiger partial charge in [-0.15, -0.1) is 0 Å². The summed E-state index contributed by atoms with van der Waals surface area (Å²) in [4.78, 5) is 15.6. The van der Waals surface area contributed by atoms with Crippen molar-refractivity contribution in [1.29, 1.82) is 0 Å². The zero-order chi connectivity index (χ0) is 13.9. The molecular weight excluding hydrogens is 258 g/mol. The molecule has 0 aliphatic heterocycles. The van der Waals surface area contributed by atoms with Gasteiger partial charge in [0, 0.05) is 6.26 Å². The second-order valence-electron chi connectivity index (χ2n) is 4.04. The number of carbonyl (C=O) groups is 1. The number of aromatic nitrogens is 1. The first-order valence-electron chi connectivity index (χ1n) is 5.58. The van der Waals surface area contributed by atoms with E-state index in [1.165, 1.54) is 14.0 Å². The van der Waals surface area contributed by atoms with Crippen LogP contribution in [0.4, 0.5) is 0 Å². The first-order chi connectivity index (χ1) is 8.31. The van der Waals surface area contributed by atoms with Gasteiger partial charge in [0.25, 0.3) is 0 Å². The SMILES string of the molecule is CCCc1nc(C(C)S(C)(=O)=O)oc1C(=O)OC. The second-order valence-corrected chi connectivity index (χ2v) is 6.41. The van der Waals surface area contributed by atoms with Crippen molar-refractivity contribution in [1.82, 2.24) is 4.98 Å². The fourth-order valence-corrected chi connectivity index (χ4v) is 1.85. The minimum atomic E-state index is -3.32. The van der Waals surface area contributed by atoms with Gasteiger partial charge in [-0.3, -0.25) is 0 Å². The molecule has 6 nitrogen and oxygen atoms in total. The van der Waals surface area contributed by atoms with Crippen molar-refractivity contribution < 1.29 is 22.4 Å². The predicted molar refractivity (Wildman–Crippen MR) is 65.1 cm³/mol. The second kappa shape index (κ2) is 5.51. The lowest BCUT2D eigenvalue weighted by atomic mass is 10.2. The minimum absolute atomic E-state index is 0.00940. The van der Waals surface area contributed by atoms with Crippen molar-refractivity contribution in [2.45, 2.75) is 31.9 Å². The van der Waals surface area contributed by atoms with Gasteiger partial charge in [-0.2, -0.15) is 0 Å². The average molecular weight is 275 g/mol. The summed E-state index contributed by atoms with van der Waals surface area (Å²) in [5, 5.41) is -0.883. The van der Waals surface area contributed by atoms with Gasteiger partial charge < -0.3 is 9.15 Å². The first kappa shape index (κ1) is 14.7. The molecule has 102 valence electrons. The smallest absolute Gasteiger partial charge is 0.375 e. The van der Waals surface area contributed by atoms with E-state index in [9.17, 15) is 13.2 Å². The standard InChI is InChI=1S/C11H17NO5S/c1-5-6-8-9(11(13)16-3)17-10(12-8)7(2)18(4,14)15/h7H,5-6H2,1-4H3. The van der Waals surface area contributed by atoms with Gasteiger partial charge in [0.15, 0.2) is 9.84 Å². The third-order valence-electron chi connectivity index (χ3n) is 2.56. The van der Waals surface area contributed by atoms with Crippen LogP contribution < -0.4 is 0 Å². The number of aryl methyl sites for hydroxylation is 1. The summed E-state index contributed by atoms with van der Waals surface area (Å²) in [5.41, 5.74) is 0.440. The van der Waals surface area contributed by atoms with E-state index in [1.54, 1.807) is 0 Å². The molecule has 0 spiro atoms. The number of hydrogen-bond donors (Lipinski definition) is 0. The number of hydrogen-bond acceptors (Lipinski definition) is 6. The zero-order valence-electron chi connectivity index (χ0n) is 10.9. The lowest BCUT2D eigenvalue weighted by molar-refractivity contribution is 0.0561. The maximum atomic E-state index is 11.5. The molecule has 1 unspecified atom stereocenters. The molecule has 0 N–H and O–H groups in total. The first-order valence-corrected chi connectivity index (χ1v) is 7.53. The molecule has 1 aromatic rings. The van der Waals surface area contributed by atoms with Crippen LogP contribution in [0.5, 0.6) is 0 Å². The molecule has 0 fully saturated rings. The lowest BCUT2D eigenvalue weighted by Gasteiger charge is -2.02. The number of rotatable bonds is 5. The van der Waals surface area contributed by atoms with Gasteiger partial charge in [-0.25, -0.2) is 18.2 Å². The molecule has 0 radical (unpaired) electrons. The molecule has 0 saturated heterocycles. The van der Waals surface area contributed by atoms with Crippen molar-refractivity contribution in [3.05, 3.63) is 17.3 Å². The van der Waals surface area contributed by atoms with Crippen LogP contribution in [-0.4, -0.2) is 32.7 Å². The molecule has 1 heterocycles. The number of sulfone groups is 1. The van der Waals surface area contributed by atoms with Gasteiger partial charge in [0.05, 0.1) is 12.8 Å². The van der Waals surface area contributed by atoms with Gasteiger partial charge in [0.1, 0.15) is 5.25 Å². The van der Waals surface area contributed by atoms with Crippen molar-refractivity contribution in [3.63, 3.8) is 0 Å². The summed E-state index contributed by atoms with van der Waals surface area (Å²) >= 11 is 0. The Morgan fingerprint density at radius 2 is 2.11 bits per heavy atom. The van der Waals surface area contributed by atoms with E-state index in [0.29, 0.717) is 12.1 Å².